The molecule has 2 aliphatic heterocycles. The third kappa shape index (κ3) is 9.79. The summed E-state index contributed by atoms with van der Waals surface area (Å²) in [6.07, 6.45) is 8.64. The average Bonchev–Trinajstić information content (AvgIpc) is 3.80. The molecule has 52 heavy (non-hydrogen) atoms. The van der Waals surface area contributed by atoms with Gasteiger partial charge in [-0.3, -0.25) is 9.00 Å². The molecule has 0 spiro atoms. The second kappa shape index (κ2) is 18.5. The topological polar surface area (TPSA) is 94.9 Å². The molecule has 6 rings (SSSR count). The Balaban J connectivity index is 1.18. The SMILES string of the molecule is CCCCOCCOc1ccc(-c2ccc3c(c2)/C=C(/C(=O)Nc2ccc([S@](=O)Cc4c(C)ncn4CC)cc2)CCCN3C[C@@H]2CCOC2)cc1. The van der Waals surface area contributed by atoms with E-state index in [0.29, 0.717) is 37.0 Å². The largest absolute Gasteiger partial charge is 0.491 e. The van der Waals surface area contributed by atoms with Gasteiger partial charge in [-0.1, -0.05) is 31.5 Å². The lowest BCUT2D eigenvalue weighted by atomic mass is 9.95. The number of aromatic nitrogens is 2. The number of hydrogen-bond donors (Lipinski definition) is 1. The average molecular weight is 725 g/mol. The van der Waals surface area contributed by atoms with Gasteiger partial charge in [0.05, 0.1) is 47.5 Å². The number of hydrogen-bond acceptors (Lipinski definition) is 7. The normalized spacial score (nSPS) is 17.5. The van der Waals surface area contributed by atoms with Gasteiger partial charge in [-0.05, 0) is 111 Å². The van der Waals surface area contributed by atoms with Crippen molar-refractivity contribution in [1.82, 2.24) is 9.55 Å². The van der Waals surface area contributed by atoms with Crippen molar-refractivity contribution in [3.63, 3.8) is 0 Å². The first kappa shape index (κ1) is 37.5. The molecule has 0 aliphatic carbocycles. The minimum atomic E-state index is -1.23. The molecule has 1 aromatic heterocycles. The fraction of sp³-hybridized carbons (Fsp3) is 0.429. The smallest absolute Gasteiger partial charge is 0.251 e. The Labute approximate surface area is 310 Å². The Bertz CT molecular complexity index is 1830. The zero-order valence-corrected chi connectivity index (χ0v) is 31.6. The predicted molar refractivity (Wildman–Crippen MR) is 209 cm³/mol. The molecule has 3 heterocycles. The summed E-state index contributed by atoms with van der Waals surface area (Å²) in [6.45, 7) is 12.2. The molecule has 2 aliphatic rings. The molecule has 276 valence electrons. The molecule has 1 N–H and O–H groups in total. The minimum Gasteiger partial charge on any atom is -0.491 e. The van der Waals surface area contributed by atoms with Crippen LogP contribution in [0, 0.1) is 12.8 Å². The maximum Gasteiger partial charge on any atom is 0.251 e. The van der Waals surface area contributed by atoms with Crippen LogP contribution in [0.3, 0.4) is 0 Å². The van der Waals surface area contributed by atoms with Gasteiger partial charge >= 0.3 is 0 Å². The van der Waals surface area contributed by atoms with Gasteiger partial charge < -0.3 is 29.0 Å². The summed E-state index contributed by atoms with van der Waals surface area (Å²) in [5.74, 6) is 1.59. The molecular formula is C42H52N4O5S. The van der Waals surface area contributed by atoms with E-state index < -0.39 is 10.8 Å². The molecule has 0 bridgehead atoms. The predicted octanol–water partition coefficient (Wildman–Crippen LogP) is 8.04. The number of ether oxygens (including phenoxy) is 3. The van der Waals surface area contributed by atoms with Crippen molar-refractivity contribution >= 4 is 34.2 Å². The summed E-state index contributed by atoms with van der Waals surface area (Å²) in [7, 11) is -1.23. The second-order valence-electron chi connectivity index (χ2n) is 13.6. The molecule has 0 saturated carbocycles. The van der Waals surface area contributed by atoms with Gasteiger partial charge in [0.15, 0.2) is 0 Å². The van der Waals surface area contributed by atoms with Gasteiger partial charge in [0.2, 0.25) is 0 Å². The molecule has 1 fully saturated rings. The lowest BCUT2D eigenvalue weighted by Crippen LogP contribution is -2.32. The third-order valence-electron chi connectivity index (χ3n) is 9.83. The molecule has 1 amide bonds. The van der Waals surface area contributed by atoms with E-state index in [-0.39, 0.29) is 5.91 Å². The summed E-state index contributed by atoms with van der Waals surface area (Å²) in [5, 5.41) is 3.11. The molecule has 2 atom stereocenters. The van der Waals surface area contributed by atoms with Crippen LogP contribution in [0.15, 0.2) is 83.5 Å². The molecule has 1 saturated heterocycles. The van der Waals surface area contributed by atoms with Crippen molar-refractivity contribution in [2.45, 2.75) is 70.1 Å². The molecule has 9 nitrogen and oxygen atoms in total. The van der Waals surface area contributed by atoms with Crippen LogP contribution < -0.4 is 15.0 Å². The zero-order valence-electron chi connectivity index (χ0n) is 30.8. The Morgan fingerprint density at radius 3 is 2.58 bits per heavy atom. The van der Waals surface area contributed by atoms with Gasteiger partial charge in [-0.15, -0.1) is 0 Å². The van der Waals surface area contributed by atoms with Crippen LogP contribution in [0.5, 0.6) is 5.75 Å². The van der Waals surface area contributed by atoms with Crippen molar-refractivity contribution in [2.75, 3.05) is 56.3 Å². The van der Waals surface area contributed by atoms with Crippen LogP contribution in [0.2, 0.25) is 0 Å². The van der Waals surface area contributed by atoms with Crippen molar-refractivity contribution in [3.8, 4) is 16.9 Å². The molecule has 3 aromatic carbocycles. The van der Waals surface area contributed by atoms with E-state index in [4.69, 9.17) is 14.2 Å². The standard InChI is InChI=1S/C42H52N4O5S/c1-4-6-21-49-23-24-51-38-14-9-33(10-15-38)34-11-18-40-36(25-34)26-35(8-7-20-46(40)27-32-19-22-50-28-32)42(47)44-37-12-16-39(17-13-37)52(48)29-41-31(3)43-30-45(41)5-2/h9-18,25-26,30,32H,4-8,19-24,27-29H2,1-3H3,(H,44,47)/b35-26+/t32-,52+/m0/s1. The Morgan fingerprint density at radius 2 is 1.83 bits per heavy atom. The highest BCUT2D eigenvalue weighted by Gasteiger charge is 2.24. The number of benzene rings is 3. The lowest BCUT2D eigenvalue weighted by molar-refractivity contribution is -0.112. The highest BCUT2D eigenvalue weighted by molar-refractivity contribution is 7.84. The number of carbonyl (C=O) groups excluding carboxylic acids is 1. The summed E-state index contributed by atoms with van der Waals surface area (Å²) in [5.41, 5.74) is 7.62. The van der Waals surface area contributed by atoms with Crippen LogP contribution in [-0.2, 0) is 37.4 Å². The minimum absolute atomic E-state index is 0.120. The Kier molecular flexibility index (Phi) is 13.3. The van der Waals surface area contributed by atoms with E-state index in [1.807, 2.05) is 47.9 Å². The van der Waals surface area contributed by atoms with E-state index in [2.05, 4.69) is 65.5 Å². The number of nitrogens with zero attached hydrogens (tertiary/aromatic N) is 3. The first-order chi connectivity index (χ1) is 25.4. The fourth-order valence-electron chi connectivity index (χ4n) is 6.77. The first-order valence-corrected chi connectivity index (χ1v) is 20.0. The van der Waals surface area contributed by atoms with Crippen molar-refractivity contribution in [1.29, 1.82) is 0 Å². The highest BCUT2D eigenvalue weighted by Crippen LogP contribution is 2.34. The van der Waals surface area contributed by atoms with Gasteiger partial charge in [-0.25, -0.2) is 4.98 Å². The van der Waals surface area contributed by atoms with E-state index in [1.165, 1.54) is 0 Å². The third-order valence-corrected chi connectivity index (χ3v) is 11.2. The van der Waals surface area contributed by atoms with Gasteiger partial charge in [0.1, 0.15) is 12.4 Å². The molecule has 4 aromatic rings. The number of imidazole rings is 1. The number of carbonyl (C=O) groups is 1. The fourth-order valence-corrected chi connectivity index (χ4v) is 8.00. The number of fused-ring (bicyclic) bond motifs is 1. The van der Waals surface area contributed by atoms with Crippen molar-refractivity contribution < 1.29 is 23.2 Å². The number of nitrogens with one attached hydrogen (secondary N) is 1. The van der Waals surface area contributed by atoms with Gasteiger partial charge in [-0.2, -0.15) is 0 Å². The van der Waals surface area contributed by atoms with Crippen LogP contribution in [-0.4, -0.2) is 65.8 Å². The summed E-state index contributed by atoms with van der Waals surface area (Å²) >= 11 is 0. The van der Waals surface area contributed by atoms with Crippen LogP contribution in [0.1, 0.15) is 62.9 Å². The lowest BCUT2D eigenvalue weighted by Gasteiger charge is -2.31. The monoisotopic (exact) mass is 724 g/mol. The zero-order chi connectivity index (χ0) is 36.3. The van der Waals surface area contributed by atoms with Crippen molar-refractivity contribution in [3.05, 3.63) is 95.6 Å². The van der Waals surface area contributed by atoms with Gasteiger partial charge in [0.25, 0.3) is 5.91 Å². The molecular weight excluding hydrogens is 673 g/mol. The Morgan fingerprint density at radius 1 is 1.02 bits per heavy atom. The number of amides is 1. The number of unbranched alkanes of at least 4 members (excludes halogenated alkanes) is 1. The number of rotatable bonds is 16. The molecule has 0 unspecified atom stereocenters. The van der Waals surface area contributed by atoms with Crippen molar-refractivity contribution in [2.24, 2.45) is 5.92 Å². The van der Waals surface area contributed by atoms with E-state index in [1.54, 1.807) is 6.33 Å². The maximum atomic E-state index is 13.8. The summed E-state index contributed by atoms with van der Waals surface area (Å²) in [4.78, 5) is 21.4. The summed E-state index contributed by atoms with van der Waals surface area (Å²) < 4.78 is 32.5. The number of aryl methyl sites for hydroxylation is 2. The first-order valence-electron chi connectivity index (χ1n) is 18.7. The van der Waals surface area contributed by atoms with Gasteiger partial charge in [0, 0.05) is 60.6 Å². The van der Waals surface area contributed by atoms with Crippen LogP contribution in [0.4, 0.5) is 11.4 Å². The molecule has 0 radical (unpaired) electrons. The van der Waals surface area contributed by atoms with Crippen LogP contribution >= 0.6 is 0 Å². The second-order valence-corrected chi connectivity index (χ2v) is 15.0. The summed E-state index contributed by atoms with van der Waals surface area (Å²) in [6, 6.07) is 22.1. The van der Waals surface area contributed by atoms with E-state index in [0.717, 1.165) is 115 Å². The van der Waals surface area contributed by atoms with Crippen LogP contribution in [0.25, 0.3) is 17.2 Å². The highest BCUT2D eigenvalue weighted by atomic mass is 32.2. The van der Waals surface area contributed by atoms with E-state index in [9.17, 15) is 9.00 Å². The Hall–Kier alpha value is -4.25. The quantitative estimate of drug-likeness (QED) is 0.117. The number of anilines is 2. The van der Waals surface area contributed by atoms with E-state index >= 15 is 0 Å². The molecule has 10 heteroatoms. The maximum absolute atomic E-state index is 13.8.